The first-order valence-corrected chi connectivity index (χ1v) is 28.5. The van der Waals surface area contributed by atoms with Crippen LogP contribution in [0.2, 0.25) is 0 Å². The van der Waals surface area contributed by atoms with Gasteiger partial charge in [-0.2, -0.15) is 0 Å². The number of aromatic nitrogens is 2. The number of hydrogen-bond acceptors (Lipinski definition) is 13. The molecule has 6 heterocycles. The molecule has 2 fully saturated rings. The van der Waals surface area contributed by atoms with Crippen LogP contribution in [0.3, 0.4) is 0 Å². The van der Waals surface area contributed by atoms with Crippen molar-refractivity contribution >= 4 is 27.9 Å². The van der Waals surface area contributed by atoms with Gasteiger partial charge in [0.05, 0.1) is 23.2 Å². The standard InChI is InChI=1S/C34H45N3O6.C29H37N3O4/c1-23(2)42-27-8-9-28-24(3)19-32(38)36(29(28)21-27)16-15-35-13-11-26(12-14-35)37(33(39)43-34(4,5)6)22-25-7-10-30-31(20-25)41-18-17-40-30;1-20(2)36-24-5-6-25-21(3)16-29(33)32(26(25)18-24)13-12-31-10-8-23(9-11-31)30-19-22-4-7-27-28(17-22)35-15-14-34-27/h7-10,19-21,23,26H,11-18,22H2,1-6H3;4-7,16-18,20,23,30H,8-15,19H2,1-3H3. The second-order valence-electron chi connectivity index (χ2n) is 23.0. The molecule has 1 amide bonds. The van der Waals surface area contributed by atoms with Gasteiger partial charge in [-0.3, -0.25) is 9.59 Å². The number of piperidine rings is 2. The van der Waals surface area contributed by atoms with E-state index in [0.29, 0.717) is 57.9 Å². The van der Waals surface area contributed by atoms with Crippen LogP contribution in [0.4, 0.5) is 4.79 Å². The topological polar surface area (TPSA) is 147 Å². The Morgan fingerprint density at radius 3 is 1.53 bits per heavy atom. The zero-order valence-corrected chi connectivity index (χ0v) is 47.9. The number of nitrogens with one attached hydrogen (secondary N) is 1. The van der Waals surface area contributed by atoms with Crippen LogP contribution < -0.4 is 44.9 Å². The van der Waals surface area contributed by atoms with E-state index in [9.17, 15) is 14.4 Å². The van der Waals surface area contributed by atoms with E-state index in [1.54, 1.807) is 12.1 Å². The number of aryl methyl sites for hydroxylation is 2. The van der Waals surface area contributed by atoms with Crippen LogP contribution in [0, 0.1) is 13.8 Å². The van der Waals surface area contributed by atoms with Gasteiger partial charge >= 0.3 is 6.09 Å². The Hall–Kier alpha value is -6.75. The fourth-order valence-electron chi connectivity index (χ4n) is 11.0. The number of rotatable bonds is 16. The maximum atomic E-state index is 13.4. The summed E-state index contributed by atoms with van der Waals surface area (Å²) >= 11 is 0. The Kier molecular flexibility index (Phi) is 18.4. The normalized spacial score (nSPS) is 16.2. The van der Waals surface area contributed by atoms with Crippen molar-refractivity contribution in [3.8, 4) is 34.5 Å². The summed E-state index contributed by atoms with van der Waals surface area (Å²) in [6.45, 7) is 27.8. The first-order valence-electron chi connectivity index (χ1n) is 28.5. The summed E-state index contributed by atoms with van der Waals surface area (Å²) in [6, 6.07) is 28.1. The third-order valence-electron chi connectivity index (χ3n) is 15.0. The maximum Gasteiger partial charge on any atom is 0.410 e. The average Bonchev–Trinajstić information content (AvgIpc) is 3.46. The molecule has 79 heavy (non-hydrogen) atoms. The highest BCUT2D eigenvalue weighted by molar-refractivity contribution is 5.84. The summed E-state index contributed by atoms with van der Waals surface area (Å²) in [4.78, 5) is 46.1. The number of likely N-dealkylation sites (tertiary alicyclic amines) is 2. The van der Waals surface area contributed by atoms with Crippen molar-refractivity contribution in [2.45, 2.75) is 144 Å². The third kappa shape index (κ3) is 14.9. The lowest BCUT2D eigenvalue weighted by Crippen LogP contribution is -2.49. The summed E-state index contributed by atoms with van der Waals surface area (Å²) in [5.41, 5.74) is 5.47. The number of benzene rings is 4. The molecule has 16 heteroatoms. The molecule has 10 rings (SSSR count). The Balaban J connectivity index is 0.000000195. The average molecular weight is 1080 g/mol. The van der Waals surface area contributed by atoms with E-state index in [1.807, 2.05) is 131 Å². The van der Waals surface area contributed by atoms with Crippen LogP contribution in [0.25, 0.3) is 21.8 Å². The number of fused-ring (bicyclic) bond motifs is 4. The lowest BCUT2D eigenvalue weighted by molar-refractivity contribution is 0.00561. The minimum atomic E-state index is -0.590. The van der Waals surface area contributed by atoms with Gasteiger partial charge in [-0.1, -0.05) is 12.1 Å². The van der Waals surface area contributed by atoms with Crippen molar-refractivity contribution in [1.29, 1.82) is 0 Å². The molecule has 2 saturated heterocycles. The molecule has 4 aromatic carbocycles. The van der Waals surface area contributed by atoms with Crippen LogP contribution in [-0.2, 0) is 30.9 Å². The number of hydrogen-bond donors (Lipinski definition) is 1. The van der Waals surface area contributed by atoms with Gasteiger partial charge in [-0.05, 0) is 172 Å². The monoisotopic (exact) mass is 1080 g/mol. The van der Waals surface area contributed by atoms with Crippen LogP contribution in [-0.4, -0.2) is 126 Å². The van der Waals surface area contributed by atoms with Crippen molar-refractivity contribution in [3.05, 3.63) is 128 Å². The largest absolute Gasteiger partial charge is 0.491 e. The highest BCUT2D eigenvalue weighted by atomic mass is 16.6. The molecule has 0 aliphatic carbocycles. The molecule has 0 bridgehead atoms. The highest BCUT2D eigenvalue weighted by Crippen LogP contribution is 2.34. The molecule has 424 valence electrons. The summed E-state index contributed by atoms with van der Waals surface area (Å²) in [5.74, 6) is 4.70. The molecule has 6 aromatic rings. The number of nitrogens with zero attached hydrogens (tertiary/aromatic N) is 5. The van der Waals surface area contributed by atoms with E-state index in [1.165, 1.54) is 5.56 Å². The molecule has 1 N–H and O–H groups in total. The lowest BCUT2D eigenvalue weighted by Gasteiger charge is -2.39. The van der Waals surface area contributed by atoms with Gasteiger partial charge in [0.25, 0.3) is 11.1 Å². The SMILES string of the molecule is Cc1cc(=O)n(CCN2CCC(N(Cc3ccc4c(c3)OCCO4)C(=O)OC(C)(C)C)CC2)c2cc(OC(C)C)ccc12.Cc1cc(=O)n(CCN2CCC(NCc3ccc4c(c3)OCCO4)CC2)c2cc(OC(C)C)ccc12. The minimum absolute atomic E-state index is 0.00267. The van der Waals surface area contributed by atoms with Gasteiger partial charge < -0.3 is 62.3 Å². The Labute approximate surface area is 465 Å². The van der Waals surface area contributed by atoms with E-state index in [-0.39, 0.29) is 35.5 Å². The van der Waals surface area contributed by atoms with Gasteiger partial charge in [-0.25, -0.2) is 4.79 Å². The molecule has 16 nitrogen and oxygen atoms in total. The molecular formula is C63H82N6O10. The molecule has 2 aromatic heterocycles. The molecule has 0 radical (unpaired) electrons. The summed E-state index contributed by atoms with van der Waals surface area (Å²) in [6.07, 6.45) is 3.67. The van der Waals surface area contributed by atoms with Gasteiger partial charge in [0.1, 0.15) is 43.5 Å². The zero-order chi connectivity index (χ0) is 55.8. The molecule has 4 aliphatic rings. The number of carbonyl (C=O) groups is 1. The highest BCUT2D eigenvalue weighted by Gasteiger charge is 2.32. The first kappa shape index (κ1) is 57.0. The van der Waals surface area contributed by atoms with Gasteiger partial charge in [0, 0.05) is 99.5 Å². The predicted molar refractivity (Wildman–Crippen MR) is 310 cm³/mol. The predicted octanol–water partition coefficient (Wildman–Crippen LogP) is 9.89. The second kappa shape index (κ2) is 25.6. The van der Waals surface area contributed by atoms with E-state index in [4.69, 9.17) is 33.2 Å². The number of carbonyl (C=O) groups excluding carboxylic acids is 1. The van der Waals surface area contributed by atoms with Crippen molar-refractivity contribution in [1.82, 2.24) is 29.2 Å². The lowest BCUT2D eigenvalue weighted by atomic mass is 10.0. The summed E-state index contributed by atoms with van der Waals surface area (Å²) in [7, 11) is 0. The maximum absolute atomic E-state index is 13.4. The number of pyridine rings is 2. The van der Waals surface area contributed by atoms with E-state index < -0.39 is 5.60 Å². The summed E-state index contributed by atoms with van der Waals surface area (Å²) in [5, 5.41) is 5.87. The zero-order valence-electron chi connectivity index (χ0n) is 47.9. The fraction of sp³-hybridized carbons (Fsp3) is 0.508. The minimum Gasteiger partial charge on any atom is -0.491 e. The van der Waals surface area contributed by atoms with Crippen LogP contribution >= 0.6 is 0 Å². The first-order chi connectivity index (χ1) is 37.9. The van der Waals surface area contributed by atoms with Crippen molar-refractivity contribution in [3.63, 3.8) is 0 Å². The van der Waals surface area contributed by atoms with Gasteiger partial charge in [0.15, 0.2) is 23.0 Å². The number of amides is 1. The van der Waals surface area contributed by atoms with E-state index >= 15 is 0 Å². The van der Waals surface area contributed by atoms with Crippen LogP contribution in [0.1, 0.15) is 96.4 Å². The molecule has 0 unspecified atom stereocenters. The number of ether oxygens (including phenoxy) is 7. The quantitative estimate of drug-likeness (QED) is 0.0982. The smallest absolute Gasteiger partial charge is 0.410 e. The Morgan fingerprint density at radius 1 is 0.595 bits per heavy atom. The second-order valence-corrected chi connectivity index (χ2v) is 23.0. The van der Waals surface area contributed by atoms with Crippen molar-refractivity contribution < 1.29 is 38.0 Å². The van der Waals surface area contributed by atoms with Crippen molar-refractivity contribution in [2.75, 3.05) is 65.7 Å². The Morgan fingerprint density at radius 2 is 1.05 bits per heavy atom. The summed E-state index contributed by atoms with van der Waals surface area (Å²) < 4.78 is 44.2. The van der Waals surface area contributed by atoms with Crippen LogP contribution in [0.15, 0.2) is 94.5 Å². The third-order valence-corrected chi connectivity index (χ3v) is 15.0. The van der Waals surface area contributed by atoms with Gasteiger partial charge in [-0.15, -0.1) is 0 Å². The molecule has 0 atom stereocenters. The molecule has 0 saturated carbocycles. The molecule has 0 spiro atoms. The van der Waals surface area contributed by atoms with Crippen molar-refractivity contribution in [2.24, 2.45) is 0 Å². The molecular weight excluding hydrogens is 1000 g/mol. The Bertz CT molecular complexity index is 3180. The van der Waals surface area contributed by atoms with Gasteiger partial charge in [0.2, 0.25) is 0 Å². The van der Waals surface area contributed by atoms with E-state index in [0.717, 1.165) is 139 Å². The van der Waals surface area contributed by atoms with E-state index in [2.05, 4.69) is 33.3 Å². The van der Waals surface area contributed by atoms with Crippen LogP contribution in [0.5, 0.6) is 34.5 Å². The fourth-order valence-corrected chi connectivity index (χ4v) is 11.0. The molecule has 4 aliphatic heterocycles.